The second kappa shape index (κ2) is 7.49. The third-order valence-corrected chi connectivity index (χ3v) is 4.25. The highest BCUT2D eigenvalue weighted by Crippen LogP contribution is 2.26. The molecule has 1 heterocycles. The first-order valence-electron chi connectivity index (χ1n) is 6.70. The van der Waals surface area contributed by atoms with Gasteiger partial charge in [-0.2, -0.15) is 11.8 Å². The first-order chi connectivity index (χ1) is 10.2. The number of rotatable bonds is 7. The predicted octanol–water partition coefficient (Wildman–Crippen LogP) is 1.87. The van der Waals surface area contributed by atoms with Gasteiger partial charge in [-0.05, 0) is 18.2 Å². The lowest BCUT2D eigenvalue weighted by molar-refractivity contribution is 0.113. The topological polar surface area (TPSA) is 74.6 Å². The van der Waals surface area contributed by atoms with Crippen molar-refractivity contribution in [3.05, 3.63) is 29.8 Å². The molecular formula is C15H20N2O3S. The number of aliphatic hydroxyl groups is 2. The summed E-state index contributed by atoms with van der Waals surface area (Å²) in [6.07, 6.45) is -0.675. The van der Waals surface area contributed by atoms with Crippen molar-refractivity contribution in [2.24, 2.45) is 0 Å². The molecule has 114 valence electrons. The summed E-state index contributed by atoms with van der Waals surface area (Å²) in [6.45, 7) is -0.207. The lowest BCUT2D eigenvalue weighted by Crippen LogP contribution is -2.14. The van der Waals surface area contributed by atoms with Gasteiger partial charge in [0, 0.05) is 35.6 Å². The van der Waals surface area contributed by atoms with Gasteiger partial charge in [0.1, 0.15) is 11.6 Å². The number of aliphatic hydroxyl groups excluding tert-OH is 2. The van der Waals surface area contributed by atoms with Gasteiger partial charge in [0.05, 0.1) is 25.3 Å². The second-order valence-electron chi connectivity index (χ2n) is 4.66. The van der Waals surface area contributed by atoms with E-state index in [0.717, 1.165) is 33.8 Å². The monoisotopic (exact) mass is 308 g/mol. The van der Waals surface area contributed by atoms with Crippen LogP contribution in [0.5, 0.6) is 5.75 Å². The number of benzene rings is 1. The molecule has 0 aliphatic carbocycles. The average Bonchev–Trinajstić information content (AvgIpc) is 2.53. The quantitative estimate of drug-likeness (QED) is 0.725. The number of pyridine rings is 1. The molecule has 1 atom stereocenters. The summed E-state index contributed by atoms with van der Waals surface area (Å²) in [7, 11) is 3.47. The number of methoxy groups -OCH3 is 1. The number of fused-ring (bicyclic) bond motifs is 1. The molecule has 0 saturated carbocycles. The largest absolute Gasteiger partial charge is 0.497 e. The molecule has 1 aromatic heterocycles. The fourth-order valence-corrected chi connectivity index (χ4v) is 2.94. The Morgan fingerprint density at radius 3 is 2.86 bits per heavy atom. The molecule has 0 saturated heterocycles. The molecule has 2 rings (SSSR count). The second-order valence-corrected chi connectivity index (χ2v) is 5.69. The van der Waals surface area contributed by atoms with Crippen molar-refractivity contribution < 1.29 is 14.9 Å². The molecule has 3 N–H and O–H groups in total. The number of aromatic nitrogens is 1. The highest BCUT2D eigenvalue weighted by atomic mass is 32.2. The Hall–Kier alpha value is -1.50. The predicted molar refractivity (Wildman–Crippen MR) is 87.1 cm³/mol. The van der Waals surface area contributed by atoms with Gasteiger partial charge in [-0.1, -0.05) is 0 Å². The summed E-state index contributed by atoms with van der Waals surface area (Å²) in [5.74, 6) is 2.83. The van der Waals surface area contributed by atoms with Crippen LogP contribution in [0.1, 0.15) is 5.56 Å². The van der Waals surface area contributed by atoms with Crippen LogP contribution in [-0.4, -0.2) is 47.8 Å². The van der Waals surface area contributed by atoms with E-state index in [0.29, 0.717) is 5.75 Å². The highest BCUT2D eigenvalue weighted by molar-refractivity contribution is 7.98. The molecule has 0 fully saturated rings. The van der Waals surface area contributed by atoms with E-state index in [4.69, 9.17) is 9.84 Å². The Bertz CT molecular complexity index is 607. The average molecular weight is 308 g/mol. The van der Waals surface area contributed by atoms with Gasteiger partial charge in [-0.15, -0.1) is 0 Å². The summed E-state index contributed by atoms with van der Waals surface area (Å²) in [5.41, 5.74) is 1.95. The van der Waals surface area contributed by atoms with Crippen LogP contribution in [0.3, 0.4) is 0 Å². The first kappa shape index (κ1) is 15.9. The van der Waals surface area contributed by atoms with E-state index in [1.165, 1.54) is 0 Å². The maximum atomic E-state index is 9.38. The maximum Gasteiger partial charge on any atom is 0.130 e. The van der Waals surface area contributed by atoms with Gasteiger partial charge in [-0.3, -0.25) is 0 Å². The van der Waals surface area contributed by atoms with E-state index in [-0.39, 0.29) is 6.61 Å². The zero-order chi connectivity index (χ0) is 15.2. The number of hydrogen-bond acceptors (Lipinski definition) is 6. The maximum absolute atomic E-state index is 9.38. The fraction of sp³-hybridized carbons (Fsp3) is 0.400. The molecule has 1 aromatic carbocycles. The van der Waals surface area contributed by atoms with Crippen molar-refractivity contribution in [1.29, 1.82) is 0 Å². The van der Waals surface area contributed by atoms with Gasteiger partial charge in [0.25, 0.3) is 0 Å². The Morgan fingerprint density at radius 2 is 2.19 bits per heavy atom. The molecule has 5 nitrogen and oxygen atoms in total. The standard InChI is InChI=1S/C15H20N2O3S/c1-16-15-11(8-21-9-12(19)7-18)5-10-3-4-13(20-2)6-14(10)17-15/h3-6,12,18-19H,7-9H2,1-2H3,(H,16,17). The Balaban J connectivity index is 2.22. The highest BCUT2D eigenvalue weighted by Gasteiger charge is 2.08. The van der Waals surface area contributed by atoms with Crippen molar-refractivity contribution >= 4 is 28.5 Å². The molecule has 0 amide bonds. The van der Waals surface area contributed by atoms with Gasteiger partial charge in [0.15, 0.2) is 0 Å². The zero-order valence-electron chi connectivity index (χ0n) is 12.2. The van der Waals surface area contributed by atoms with Crippen molar-refractivity contribution in [3.8, 4) is 5.75 Å². The SMILES string of the molecule is CNc1nc2cc(OC)ccc2cc1CSCC(O)CO. The normalized spacial score (nSPS) is 12.4. The van der Waals surface area contributed by atoms with Crippen LogP contribution >= 0.6 is 11.8 Å². The van der Waals surface area contributed by atoms with Gasteiger partial charge >= 0.3 is 0 Å². The van der Waals surface area contributed by atoms with Crippen molar-refractivity contribution in [2.75, 3.05) is 31.8 Å². The van der Waals surface area contributed by atoms with E-state index >= 15 is 0 Å². The Labute approximate surface area is 128 Å². The Morgan fingerprint density at radius 1 is 1.38 bits per heavy atom. The minimum Gasteiger partial charge on any atom is -0.497 e. The van der Waals surface area contributed by atoms with Crippen LogP contribution in [0.4, 0.5) is 5.82 Å². The number of hydrogen-bond donors (Lipinski definition) is 3. The van der Waals surface area contributed by atoms with Crippen LogP contribution in [0.25, 0.3) is 10.9 Å². The summed E-state index contributed by atoms with van der Waals surface area (Å²) < 4.78 is 5.21. The minimum atomic E-state index is -0.675. The zero-order valence-corrected chi connectivity index (χ0v) is 13.0. The van der Waals surface area contributed by atoms with Crippen molar-refractivity contribution in [1.82, 2.24) is 4.98 Å². The molecule has 0 radical (unpaired) electrons. The first-order valence-corrected chi connectivity index (χ1v) is 7.85. The number of ether oxygens (including phenoxy) is 1. The Kier molecular flexibility index (Phi) is 5.67. The van der Waals surface area contributed by atoms with Crippen LogP contribution in [-0.2, 0) is 5.75 Å². The molecule has 0 bridgehead atoms. The van der Waals surface area contributed by atoms with Crippen LogP contribution in [0.2, 0.25) is 0 Å². The molecule has 1 unspecified atom stereocenters. The number of nitrogens with zero attached hydrogens (tertiary/aromatic N) is 1. The van der Waals surface area contributed by atoms with Crippen molar-refractivity contribution in [2.45, 2.75) is 11.9 Å². The van der Waals surface area contributed by atoms with E-state index in [1.807, 2.05) is 25.2 Å². The summed E-state index contributed by atoms with van der Waals surface area (Å²) in [4.78, 5) is 4.60. The summed E-state index contributed by atoms with van der Waals surface area (Å²) in [5, 5.41) is 22.3. The lowest BCUT2D eigenvalue weighted by Gasteiger charge is -2.12. The summed E-state index contributed by atoms with van der Waals surface area (Å²) >= 11 is 1.57. The minimum absolute atomic E-state index is 0.207. The molecule has 2 aromatic rings. The fourth-order valence-electron chi connectivity index (χ4n) is 2.00. The van der Waals surface area contributed by atoms with Gasteiger partial charge < -0.3 is 20.3 Å². The molecule has 0 aliphatic heterocycles. The smallest absolute Gasteiger partial charge is 0.130 e. The number of anilines is 1. The number of nitrogens with one attached hydrogen (secondary N) is 1. The van der Waals surface area contributed by atoms with E-state index in [9.17, 15) is 5.11 Å². The third-order valence-electron chi connectivity index (χ3n) is 3.12. The van der Waals surface area contributed by atoms with E-state index < -0.39 is 6.10 Å². The lowest BCUT2D eigenvalue weighted by atomic mass is 10.1. The van der Waals surface area contributed by atoms with Crippen LogP contribution in [0.15, 0.2) is 24.3 Å². The molecule has 6 heteroatoms. The van der Waals surface area contributed by atoms with Gasteiger partial charge in [0.2, 0.25) is 0 Å². The van der Waals surface area contributed by atoms with Crippen LogP contribution < -0.4 is 10.1 Å². The molecule has 0 aliphatic rings. The van der Waals surface area contributed by atoms with E-state index in [2.05, 4.69) is 16.4 Å². The van der Waals surface area contributed by atoms with Crippen LogP contribution in [0, 0.1) is 0 Å². The third kappa shape index (κ3) is 4.00. The molecule has 21 heavy (non-hydrogen) atoms. The van der Waals surface area contributed by atoms with Crippen molar-refractivity contribution in [3.63, 3.8) is 0 Å². The summed E-state index contributed by atoms with van der Waals surface area (Å²) in [6, 6.07) is 7.89. The van der Waals surface area contributed by atoms with E-state index in [1.54, 1.807) is 18.9 Å². The molecular weight excluding hydrogens is 288 g/mol. The molecule has 0 spiro atoms. The van der Waals surface area contributed by atoms with Gasteiger partial charge in [-0.25, -0.2) is 4.98 Å². The number of thioether (sulfide) groups is 1.